The second-order valence-corrected chi connectivity index (χ2v) is 68.7. The predicted octanol–water partition coefficient (Wildman–Crippen LogP) is 10.5. The van der Waals surface area contributed by atoms with E-state index < -0.39 is 151 Å². The van der Waals surface area contributed by atoms with Gasteiger partial charge >= 0.3 is 109 Å². The molecule has 0 aromatic rings. The maximum atomic E-state index is 11.6. The van der Waals surface area contributed by atoms with Crippen molar-refractivity contribution in [3.05, 3.63) is 0 Å². The highest BCUT2D eigenvalue weighted by Crippen LogP contribution is 2.33. The number of aliphatic carboxylic acids is 4. The highest BCUT2D eigenvalue weighted by molar-refractivity contribution is 6.94. The summed E-state index contributed by atoms with van der Waals surface area (Å²) in [6, 6.07) is 1.34. The van der Waals surface area contributed by atoms with Crippen molar-refractivity contribution in [3.8, 4) is 0 Å². The summed E-state index contributed by atoms with van der Waals surface area (Å²) < 4.78 is 74.5. The fourth-order valence-electron chi connectivity index (χ4n) is 9.56. The van der Waals surface area contributed by atoms with Gasteiger partial charge in [-0.25, -0.2) is 0 Å². The topological polar surface area (TPSA) is 251 Å². The lowest BCUT2D eigenvalue weighted by atomic mass is 10.0. The van der Waals surface area contributed by atoms with E-state index in [1.807, 2.05) is 131 Å². The molecule has 0 saturated carbocycles. The number of hydrogen-bond acceptors (Lipinski definition) is 15. The molecule has 0 saturated heterocycles. The SMILES string of the molecule is C[Si](C)(CCCC(CC(=O)O)C(=O)O)O[Si](C)(C)O[Si](C)(C)O[Si](C)(C)O[Si](C)(C)O[Si](C)(C)O[Si](C)(C)O[Si](C)(C)O[Si](C)(C)O[Si](C)(C)O[Si](C)(C)O[Si](C)(C)CCCC(CC(=O)O)C(=O)O. The van der Waals surface area contributed by atoms with Gasteiger partial charge in [0.2, 0.25) is 0 Å². The molecule has 0 aliphatic carbocycles. The average Bonchev–Trinajstić information content (AvgIpc) is 2.96. The zero-order valence-electron chi connectivity index (χ0n) is 46.7. The zero-order valence-corrected chi connectivity index (χ0v) is 58.7. The van der Waals surface area contributed by atoms with E-state index in [4.69, 9.17) is 55.5 Å². The van der Waals surface area contributed by atoms with Crippen LogP contribution in [0.1, 0.15) is 38.5 Å². The van der Waals surface area contributed by atoms with Gasteiger partial charge in [-0.2, -0.15) is 0 Å². The third-order valence-corrected chi connectivity index (χ3v) is 56.5. The first-order valence-electron chi connectivity index (χ1n) is 23.8. The van der Waals surface area contributed by atoms with Crippen LogP contribution in [-0.2, 0) is 64.4 Å². The molecule has 31 heteroatoms. The monoisotopic (exact) mass is 1190 g/mol. The first-order chi connectivity index (χ1) is 30.2. The van der Waals surface area contributed by atoms with Crippen molar-refractivity contribution in [2.75, 3.05) is 0 Å². The number of rotatable bonds is 36. The minimum absolute atomic E-state index is 0.272. The third kappa shape index (κ3) is 32.2. The molecule has 0 spiro atoms. The quantitative estimate of drug-likeness (QED) is 0.0426. The van der Waals surface area contributed by atoms with Crippen molar-refractivity contribution in [1.82, 2.24) is 0 Å². The van der Waals surface area contributed by atoms with Gasteiger partial charge in [-0.05, 0) is 182 Å². The lowest BCUT2D eigenvalue weighted by molar-refractivity contribution is -0.148. The Morgan fingerprint density at radius 2 is 0.464 bits per heavy atom. The molecule has 19 nitrogen and oxygen atoms in total. The average molecular weight is 1190 g/mol. The summed E-state index contributed by atoms with van der Waals surface area (Å²) in [4.78, 5) is 45.4. The molecule has 0 aliphatic rings. The number of hydrogen-bond donors (Lipinski definition) is 4. The van der Waals surface area contributed by atoms with Crippen molar-refractivity contribution in [1.29, 1.82) is 0 Å². The van der Waals surface area contributed by atoms with E-state index in [2.05, 4.69) is 26.2 Å². The maximum Gasteiger partial charge on any atom is 0.314 e. The van der Waals surface area contributed by atoms with Crippen LogP contribution < -0.4 is 0 Å². The Balaban J connectivity index is 5.59. The molecule has 0 radical (unpaired) electrons. The normalized spacial score (nSPS) is 15.5. The molecule has 0 bridgehead atoms. The van der Waals surface area contributed by atoms with E-state index in [1.165, 1.54) is 0 Å². The lowest BCUT2D eigenvalue weighted by Gasteiger charge is -2.45. The van der Waals surface area contributed by atoms with Crippen LogP contribution in [-0.4, -0.2) is 147 Å². The Morgan fingerprint density at radius 3 is 0.609 bits per heavy atom. The van der Waals surface area contributed by atoms with Gasteiger partial charge in [0, 0.05) is 0 Å². The van der Waals surface area contributed by atoms with E-state index >= 15 is 0 Å². The van der Waals surface area contributed by atoms with Crippen molar-refractivity contribution < 1.29 is 84.9 Å². The molecule has 2 unspecified atom stereocenters. The highest BCUT2D eigenvalue weighted by Gasteiger charge is 2.51. The van der Waals surface area contributed by atoms with Crippen molar-refractivity contribution in [2.24, 2.45) is 11.8 Å². The second-order valence-electron chi connectivity index (χ2n) is 23.7. The summed E-state index contributed by atoms with van der Waals surface area (Å²) in [5, 5.41) is 37.1. The number of carboxylic acids is 4. The maximum absolute atomic E-state index is 11.6. The summed E-state index contributed by atoms with van der Waals surface area (Å²) in [6.45, 7) is 48.2. The van der Waals surface area contributed by atoms with Crippen LogP contribution in [0.5, 0.6) is 0 Å². The summed E-state index contributed by atoms with van der Waals surface area (Å²) in [6.07, 6.45) is 0.843. The van der Waals surface area contributed by atoms with Gasteiger partial charge in [0.05, 0.1) is 24.7 Å². The van der Waals surface area contributed by atoms with E-state index in [0.717, 1.165) is 0 Å². The molecule has 0 fully saturated rings. The van der Waals surface area contributed by atoms with Crippen LogP contribution in [0.2, 0.25) is 169 Å². The Morgan fingerprint density at radius 1 is 0.304 bits per heavy atom. The Labute approximate surface area is 428 Å². The molecule has 408 valence electrons. The molecule has 2 atom stereocenters. The Kier molecular flexibility index (Phi) is 25.7. The molecule has 0 aromatic heterocycles. The van der Waals surface area contributed by atoms with E-state index in [-0.39, 0.29) is 12.8 Å². The molecule has 0 aromatic carbocycles. The molecule has 4 N–H and O–H groups in total. The van der Waals surface area contributed by atoms with Gasteiger partial charge < -0.3 is 65.7 Å². The highest BCUT2D eigenvalue weighted by atomic mass is 28.5. The smallest absolute Gasteiger partial charge is 0.314 e. The van der Waals surface area contributed by atoms with Gasteiger partial charge in [-0.1, -0.05) is 12.8 Å². The van der Waals surface area contributed by atoms with Gasteiger partial charge in [-0.15, -0.1) is 0 Å². The molecular formula is C38H94O19Si12. The van der Waals surface area contributed by atoms with Crippen LogP contribution in [0.3, 0.4) is 0 Å². The van der Waals surface area contributed by atoms with Crippen molar-refractivity contribution in [2.45, 2.75) is 208 Å². The van der Waals surface area contributed by atoms with E-state index in [0.29, 0.717) is 24.9 Å². The fraction of sp³-hybridized carbons (Fsp3) is 0.895. The third-order valence-electron chi connectivity index (χ3n) is 9.67. The van der Waals surface area contributed by atoms with Gasteiger partial charge in [0.25, 0.3) is 0 Å². The number of carbonyl (C=O) groups is 4. The van der Waals surface area contributed by atoms with Gasteiger partial charge in [0.15, 0.2) is 16.6 Å². The van der Waals surface area contributed by atoms with E-state index in [1.54, 1.807) is 0 Å². The van der Waals surface area contributed by atoms with Crippen LogP contribution >= 0.6 is 0 Å². The number of carboxylic acid groups (broad SMARTS) is 4. The first-order valence-corrected chi connectivity index (χ1v) is 58.2. The summed E-state index contributed by atoms with van der Waals surface area (Å²) in [7, 11) is -32.9. The van der Waals surface area contributed by atoms with Crippen LogP contribution in [0.4, 0.5) is 0 Å². The minimum Gasteiger partial charge on any atom is -0.481 e. The Hall–Kier alpha value is 0.0426. The van der Waals surface area contributed by atoms with Crippen LogP contribution in [0.25, 0.3) is 0 Å². The first kappa shape index (κ1) is 69.0. The molecule has 0 amide bonds. The fourth-order valence-corrected chi connectivity index (χ4v) is 71.2. The van der Waals surface area contributed by atoms with Crippen LogP contribution in [0.15, 0.2) is 0 Å². The molecular weight excluding hydrogens is 1100 g/mol. The minimum atomic E-state index is -2.87. The molecule has 69 heavy (non-hydrogen) atoms. The second kappa shape index (κ2) is 25.7. The predicted molar refractivity (Wildman–Crippen MR) is 297 cm³/mol. The molecule has 0 heterocycles. The lowest BCUT2D eigenvalue weighted by Crippen LogP contribution is -2.62. The summed E-state index contributed by atoms with van der Waals surface area (Å²) >= 11 is 0. The van der Waals surface area contributed by atoms with Crippen LogP contribution in [0, 0.1) is 11.8 Å². The summed E-state index contributed by atoms with van der Waals surface area (Å²) in [5.41, 5.74) is 0. The standard InChI is InChI=1S/C38H94O19Si12/c1-58(2,29-25-27-33(37(43)44)31-35(39)40)47-60(5,6)49-62(9,10)51-64(13,14)53-66(17,18)55-68(21,22)57-69(23,24)56-67(19,20)54-65(15,16)52-63(11,12)50-61(7,8)48-59(3,4)30-26-28-34(38(45)46)32-36(41)42/h33-34H,25-32H2,1-24H3,(H,39,40)(H,41,42)(H,43,44)(H,45,46). The van der Waals surface area contributed by atoms with Crippen molar-refractivity contribution in [3.63, 3.8) is 0 Å². The van der Waals surface area contributed by atoms with Gasteiger partial charge in [0.1, 0.15) is 0 Å². The van der Waals surface area contributed by atoms with Crippen molar-refractivity contribution >= 4 is 126 Å². The van der Waals surface area contributed by atoms with E-state index in [9.17, 15) is 29.4 Å². The molecule has 0 aliphatic heterocycles. The largest absolute Gasteiger partial charge is 0.481 e. The summed E-state index contributed by atoms with van der Waals surface area (Å²) in [5.74, 6) is -6.30. The zero-order chi connectivity index (χ0) is 54.9. The Bertz CT molecular complexity index is 1590. The molecule has 0 rings (SSSR count). The van der Waals surface area contributed by atoms with Gasteiger partial charge in [-0.3, -0.25) is 19.2 Å².